The first kappa shape index (κ1) is 13.5. The van der Waals surface area contributed by atoms with Crippen molar-refractivity contribution >= 4 is 22.6 Å². The second kappa shape index (κ2) is 4.65. The van der Waals surface area contributed by atoms with Crippen molar-refractivity contribution in [2.24, 2.45) is 10.7 Å². The Kier molecular flexibility index (Phi) is 3.32. The molecular formula is C12H12FN3O2S. The van der Waals surface area contributed by atoms with Gasteiger partial charge >= 0.3 is 0 Å². The first-order valence-corrected chi connectivity index (χ1v) is 6.30. The predicted octanol–water partition coefficient (Wildman–Crippen LogP) is 2.91. The maximum absolute atomic E-state index is 13.9. The zero-order valence-electron chi connectivity index (χ0n) is 10.4. The van der Waals surface area contributed by atoms with E-state index in [1.54, 1.807) is 13.0 Å². The number of amidine groups is 1. The molecule has 1 unspecified atom stereocenters. The monoisotopic (exact) mass is 281 g/mol. The quantitative estimate of drug-likeness (QED) is 0.667. The molecule has 1 aromatic rings. The smallest absolute Gasteiger partial charge is 0.270 e. The number of hydrogen-bond donors (Lipinski definition) is 1. The third-order valence-corrected chi connectivity index (χ3v) is 3.54. The predicted molar refractivity (Wildman–Crippen MR) is 73.4 cm³/mol. The van der Waals surface area contributed by atoms with E-state index in [9.17, 15) is 14.5 Å². The minimum absolute atomic E-state index is 0.143. The SMILES string of the molecule is CC1=CC(C)(c2cc([N+](=O)[O-])ccc2F)N=C(N)S1. The summed E-state index contributed by atoms with van der Waals surface area (Å²) < 4.78 is 13.9. The first-order valence-electron chi connectivity index (χ1n) is 5.49. The number of non-ortho nitro benzene ring substituents is 1. The summed E-state index contributed by atoms with van der Waals surface area (Å²) in [7, 11) is 0. The number of nitrogens with two attached hydrogens (primary N) is 1. The number of nitro groups is 1. The molecule has 0 saturated heterocycles. The Morgan fingerprint density at radius 2 is 2.21 bits per heavy atom. The number of aliphatic imine (C=N–C) groups is 1. The highest BCUT2D eigenvalue weighted by Gasteiger charge is 2.31. The molecule has 19 heavy (non-hydrogen) atoms. The van der Waals surface area contributed by atoms with E-state index >= 15 is 0 Å². The van der Waals surface area contributed by atoms with E-state index in [4.69, 9.17) is 5.73 Å². The molecule has 0 aromatic heterocycles. The molecule has 0 fully saturated rings. The zero-order chi connectivity index (χ0) is 14.2. The average molecular weight is 281 g/mol. The minimum atomic E-state index is -1.02. The first-order chi connectivity index (χ1) is 8.82. The maximum atomic E-state index is 13.9. The van der Waals surface area contributed by atoms with Gasteiger partial charge in [-0.3, -0.25) is 10.1 Å². The molecule has 0 aliphatic carbocycles. The van der Waals surface area contributed by atoms with Crippen LogP contribution in [0.1, 0.15) is 19.4 Å². The van der Waals surface area contributed by atoms with E-state index < -0.39 is 16.3 Å². The van der Waals surface area contributed by atoms with Crippen LogP contribution in [0.25, 0.3) is 0 Å². The summed E-state index contributed by atoms with van der Waals surface area (Å²) in [5.74, 6) is -0.541. The van der Waals surface area contributed by atoms with Gasteiger partial charge in [-0.25, -0.2) is 9.38 Å². The van der Waals surface area contributed by atoms with E-state index in [1.807, 2.05) is 6.92 Å². The summed E-state index contributed by atoms with van der Waals surface area (Å²) in [6.45, 7) is 3.50. The van der Waals surface area contributed by atoms with E-state index in [-0.39, 0.29) is 11.3 Å². The Morgan fingerprint density at radius 1 is 1.53 bits per heavy atom. The number of allylic oxidation sites excluding steroid dienone is 1. The van der Waals surface area contributed by atoms with Crippen LogP contribution in [0.2, 0.25) is 0 Å². The van der Waals surface area contributed by atoms with E-state index in [1.165, 1.54) is 17.8 Å². The third kappa shape index (κ3) is 2.60. The van der Waals surface area contributed by atoms with Gasteiger partial charge in [0.05, 0.1) is 4.92 Å². The molecule has 5 nitrogen and oxygen atoms in total. The van der Waals surface area contributed by atoms with Crippen LogP contribution in [0.4, 0.5) is 10.1 Å². The molecule has 7 heteroatoms. The van der Waals surface area contributed by atoms with Gasteiger partial charge in [0.15, 0.2) is 5.17 Å². The number of benzene rings is 1. The van der Waals surface area contributed by atoms with Gasteiger partial charge in [0.2, 0.25) is 0 Å². The van der Waals surface area contributed by atoms with Crippen molar-refractivity contribution in [1.82, 2.24) is 0 Å². The highest BCUT2D eigenvalue weighted by atomic mass is 32.2. The van der Waals surface area contributed by atoms with Crippen molar-refractivity contribution in [3.05, 3.63) is 50.7 Å². The van der Waals surface area contributed by atoms with Crippen molar-refractivity contribution in [3.8, 4) is 0 Å². The Bertz CT molecular complexity index is 595. The van der Waals surface area contributed by atoms with Gasteiger partial charge in [0.25, 0.3) is 5.69 Å². The fourth-order valence-electron chi connectivity index (χ4n) is 2.03. The lowest BCUT2D eigenvalue weighted by Gasteiger charge is -2.27. The number of rotatable bonds is 2. The summed E-state index contributed by atoms with van der Waals surface area (Å²) in [4.78, 5) is 15.3. The van der Waals surface area contributed by atoms with Gasteiger partial charge in [-0.2, -0.15) is 0 Å². The van der Waals surface area contributed by atoms with Gasteiger partial charge in [0.1, 0.15) is 11.4 Å². The fourth-order valence-corrected chi connectivity index (χ4v) is 2.88. The van der Waals surface area contributed by atoms with E-state index in [0.717, 1.165) is 17.0 Å². The fraction of sp³-hybridized carbons (Fsp3) is 0.250. The van der Waals surface area contributed by atoms with Crippen LogP contribution in [0.3, 0.4) is 0 Å². The number of halogens is 1. The highest BCUT2D eigenvalue weighted by Crippen LogP contribution is 2.38. The van der Waals surface area contributed by atoms with Crippen molar-refractivity contribution in [2.75, 3.05) is 0 Å². The van der Waals surface area contributed by atoms with Crippen LogP contribution in [0, 0.1) is 15.9 Å². The lowest BCUT2D eigenvalue weighted by molar-refractivity contribution is -0.385. The molecule has 0 saturated carbocycles. The molecule has 2 N–H and O–H groups in total. The number of nitrogens with zero attached hydrogens (tertiary/aromatic N) is 2. The second-order valence-corrected chi connectivity index (χ2v) is 5.64. The molecule has 0 radical (unpaired) electrons. The highest BCUT2D eigenvalue weighted by molar-refractivity contribution is 8.17. The van der Waals surface area contributed by atoms with Gasteiger partial charge < -0.3 is 5.73 Å². The van der Waals surface area contributed by atoms with Crippen LogP contribution in [-0.4, -0.2) is 10.1 Å². The number of hydrogen-bond acceptors (Lipinski definition) is 5. The summed E-state index contributed by atoms with van der Waals surface area (Å²) in [6, 6.07) is 3.41. The molecular weight excluding hydrogens is 269 g/mol. The number of nitro benzene ring substituents is 1. The normalized spacial score (nSPS) is 22.7. The van der Waals surface area contributed by atoms with Crippen molar-refractivity contribution < 1.29 is 9.31 Å². The molecule has 100 valence electrons. The van der Waals surface area contributed by atoms with Crippen molar-refractivity contribution in [2.45, 2.75) is 19.4 Å². The van der Waals surface area contributed by atoms with Crippen LogP contribution < -0.4 is 5.73 Å². The largest absolute Gasteiger partial charge is 0.378 e. The molecule has 1 aliphatic heterocycles. The molecule has 2 rings (SSSR count). The number of thioether (sulfide) groups is 1. The Labute approximate surface area is 113 Å². The third-order valence-electron chi connectivity index (χ3n) is 2.80. The molecule has 1 aliphatic rings. The van der Waals surface area contributed by atoms with Gasteiger partial charge in [-0.05, 0) is 30.9 Å². The molecule has 0 bridgehead atoms. The van der Waals surface area contributed by atoms with E-state index in [0.29, 0.717) is 5.17 Å². The lowest BCUT2D eigenvalue weighted by Crippen LogP contribution is -2.26. The molecule has 1 atom stereocenters. The van der Waals surface area contributed by atoms with Gasteiger partial charge in [-0.1, -0.05) is 11.8 Å². The Morgan fingerprint density at radius 3 is 2.79 bits per heavy atom. The van der Waals surface area contributed by atoms with Crippen LogP contribution in [-0.2, 0) is 5.54 Å². The molecule has 0 amide bonds. The van der Waals surface area contributed by atoms with Crippen LogP contribution in [0.15, 0.2) is 34.2 Å². The summed E-state index contributed by atoms with van der Waals surface area (Å²) >= 11 is 1.29. The lowest BCUT2D eigenvalue weighted by atomic mass is 9.91. The molecule has 0 spiro atoms. The van der Waals surface area contributed by atoms with E-state index in [2.05, 4.69) is 4.99 Å². The minimum Gasteiger partial charge on any atom is -0.378 e. The molecule has 1 aromatic carbocycles. The van der Waals surface area contributed by atoms with Crippen molar-refractivity contribution in [1.29, 1.82) is 0 Å². The van der Waals surface area contributed by atoms with Crippen molar-refractivity contribution in [3.63, 3.8) is 0 Å². The maximum Gasteiger partial charge on any atom is 0.270 e. The average Bonchev–Trinajstić information content (AvgIpc) is 2.26. The van der Waals surface area contributed by atoms with Gasteiger partial charge in [-0.15, -0.1) is 0 Å². The summed E-state index contributed by atoms with van der Waals surface area (Å²) in [5, 5.41) is 11.1. The second-order valence-electron chi connectivity index (χ2n) is 4.38. The molecule has 1 heterocycles. The Balaban J connectivity index is 2.60. The summed E-state index contributed by atoms with van der Waals surface area (Å²) in [6.07, 6.45) is 1.75. The van der Waals surface area contributed by atoms with Gasteiger partial charge in [0, 0.05) is 17.7 Å². The standard InChI is InChI=1S/C12H12FN3O2S/c1-7-6-12(2,15-11(14)19-7)9-5-8(16(17)18)3-4-10(9)13/h3-6H,1-2H3,(H2,14,15). The van der Waals surface area contributed by atoms with Crippen LogP contribution >= 0.6 is 11.8 Å². The Hall–Kier alpha value is -1.89. The topological polar surface area (TPSA) is 81.5 Å². The van der Waals surface area contributed by atoms with Crippen LogP contribution in [0.5, 0.6) is 0 Å². The zero-order valence-corrected chi connectivity index (χ0v) is 11.2. The summed E-state index contributed by atoms with van der Waals surface area (Å²) in [5.41, 5.74) is 4.66.